The van der Waals surface area contributed by atoms with Crippen molar-refractivity contribution in [2.75, 3.05) is 19.8 Å². The number of aliphatic hydroxyl groups excluding tert-OH is 1. The van der Waals surface area contributed by atoms with Crippen molar-refractivity contribution in [2.24, 2.45) is 0 Å². The predicted molar refractivity (Wildman–Crippen MR) is 87.5 cm³/mol. The predicted octanol–water partition coefficient (Wildman–Crippen LogP) is 2.98. The van der Waals surface area contributed by atoms with E-state index in [4.69, 9.17) is 14.2 Å². The summed E-state index contributed by atoms with van der Waals surface area (Å²) < 4.78 is 16.3. The van der Waals surface area contributed by atoms with Crippen molar-refractivity contribution in [1.29, 1.82) is 0 Å². The van der Waals surface area contributed by atoms with Gasteiger partial charge in [-0.1, -0.05) is 13.3 Å². The maximum Gasteiger partial charge on any atom is 0.339 e. The van der Waals surface area contributed by atoms with Gasteiger partial charge in [0.05, 0.1) is 12.2 Å². The summed E-state index contributed by atoms with van der Waals surface area (Å²) in [5, 5.41) is 9.42. The number of unbranched alkanes of at least 4 members (excludes halogenated alkanes) is 1. The minimum absolute atomic E-state index is 0.0458. The van der Waals surface area contributed by atoms with E-state index in [1.165, 1.54) is 0 Å². The minimum Gasteiger partial charge on any atom is -0.488 e. The second-order valence-electron chi connectivity index (χ2n) is 4.35. The van der Waals surface area contributed by atoms with Crippen molar-refractivity contribution >= 4 is 28.6 Å². The number of carbonyl (C=O) groups is 1. The summed E-state index contributed by atoms with van der Waals surface area (Å²) in [4.78, 5) is 11.9. The number of esters is 1. The summed E-state index contributed by atoms with van der Waals surface area (Å²) in [5.74, 6) is 0.247. The molecule has 0 aromatic heterocycles. The molecule has 0 saturated carbocycles. The Labute approximate surface area is 138 Å². The van der Waals surface area contributed by atoms with Gasteiger partial charge >= 0.3 is 5.97 Å². The highest BCUT2D eigenvalue weighted by Gasteiger charge is 2.13. The first-order valence-electron chi connectivity index (χ1n) is 6.97. The maximum atomic E-state index is 11.9. The summed E-state index contributed by atoms with van der Waals surface area (Å²) in [7, 11) is 0. The molecule has 5 nitrogen and oxygen atoms in total. The van der Waals surface area contributed by atoms with Crippen molar-refractivity contribution in [3.8, 4) is 5.75 Å². The Hall–Kier alpha value is -0.860. The van der Waals surface area contributed by atoms with Gasteiger partial charge in [0, 0.05) is 10.2 Å². The van der Waals surface area contributed by atoms with Gasteiger partial charge in [0.15, 0.2) is 6.29 Å². The monoisotopic (exact) mass is 408 g/mol. The quantitative estimate of drug-likeness (QED) is 0.295. The Morgan fingerprint density at radius 2 is 2.14 bits per heavy atom. The van der Waals surface area contributed by atoms with Crippen LogP contribution in [0.25, 0.3) is 0 Å². The van der Waals surface area contributed by atoms with Crippen LogP contribution in [0.4, 0.5) is 0 Å². The highest BCUT2D eigenvalue weighted by molar-refractivity contribution is 14.1. The van der Waals surface area contributed by atoms with Crippen LogP contribution in [-0.4, -0.2) is 37.2 Å². The molecule has 0 heterocycles. The van der Waals surface area contributed by atoms with Gasteiger partial charge in [-0.25, -0.2) is 4.79 Å². The molecule has 0 fully saturated rings. The lowest BCUT2D eigenvalue weighted by Gasteiger charge is -2.13. The highest BCUT2D eigenvalue weighted by Crippen LogP contribution is 2.21. The van der Waals surface area contributed by atoms with Crippen LogP contribution in [-0.2, 0) is 9.47 Å². The molecule has 1 atom stereocenters. The zero-order chi connectivity index (χ0) is 15.7. The number of aliphatic hydroxyl groups is 1. The van der Waals surface area contributed by atoms with Crippen LogP contribution in [0.3, 0.4) is 0 Å². The van der Waals surface area contributed by atoms with Gasteiger partial charge in [-0.2, -0.15) is 0 Å². The fraction of sp³-hybridized carbons (Fsp3) is 0.533. The fourth-order valence-electron chi connectivity index (χ4n) is 1.55. The average Bonchev–Trinajstić information content (AvgIpc) is 2.45. The lowest BCUT2D eigenvalue weighted by Crippen LogP contribution is -2.21. The molecule has 0 aliphatic carbocycles. The largest absolute Gasteiger partial charge is 0.488 e. The molecule has 0 amide bonds. The minimum atomic E-state index is -0.952. The van der Waals surface area contributed by atoms with Crippen LogP contribution in [0.15, 0.2) is 18.2 Å². The Balaban J connectivity index is 2.57. The van der Waals surface area contributed by atoms with E-state index in [1.807, 2.05) is 6.92 Å². The molecule has 21 heavy (non-hydrogen) atoms. The van der Waals surface area contributed by atoms with Crippen molar-refractivity contribution in [3.63, 3.8) is 0 Å². The van der Waals surface area contributed by atoms with E-state index in [0.29, 0.717) is 24.5 Å². The van der Waals surface area contributed by atoms with E-state index in [-0.39, 0.29) is 12.6 Å². The van der Waals surface area contributed by atoms with E-state index >= 15 is 0 Å². The number of benzene rings is 1. The van der Waals surface area contributed by atoms with Gasteiger partial charge < -0.3 is 19.3 Å². The van der Waals surface area contributed by atoms with Crippen LogP contribution >= 0.6 is 22.6 Å². The first kappa shape index (κ1) is 18.2. The van der Waals surface area contributed by atoms with Crippen molar-refractivity contribution in [2.45, 2.75) is 33.0 Å². The van der Waals surface area contributed by atoms with Gasteiger partial charge in [-0.05, 0) is 54.1 Å². The number of hydrogen-bond acceptors (Lipinski definition) is 5. The van der Waals surface area contributed by atoms with Gasteiger partial charge in [0.2, 0.25) is 0 Å². The van der Waals surface area contributed by atoms with Crippen molar-refractivity contribution in [1.82, 2.24) is 0 Å². The molecule has 1 unspecified atom stereocenters. The smallest absolute Gasteiger partial charge is 0.339 e. The molecular weight excluding hydrogens is 387 g/mol. The Morgan fingerprint density at radius 1 is 1.38 bits per heavy atom. The van der Waals surface area contributed by atoms with E-state index in [1.54, 1.807) is 25.1 Å². The zero-order valence-electron chi connectivity index (χ0n) is 12.3. The van der Waals surface area contributed by atoms with E-state index in [0.717, 1.165) is 16.4 Å². The van der Waals surface area contributed by atoms with Gasteiger partial charge in [0.1, 0.15) is 12.4 Å². The SMILES string of the molecule is CCCCOC(=O)c1ccc(OCC(O)OCC)cc1I. The fourth-order valence-corrected chi connectivity index (χ4v) is 2.25. The molecule has 6 heteroatoms. The molecule has 0 bridgehead atoms. The van der Waals surface area contributed by atoms with Crippen molar-refractivity contribution in [3.05, 3.63) is 27.3 Å². The molecule has 0 aliphatic heterocycles. The third-order valence-corrected chi connectivity index (χ3v) is 3.54. The first-order chi connectivity index (χ1) is 10.1. The van der Waals surface area contributed by atoms with Crippen LogP contribution in [0, 0.1) is 3.57 Å². The molecule has 0 aliphatic rings. The average molecular weight is 408 g/mol. The van der Waals surface area contributed by atoms with Crippen molar-refractivity contribution < 1.29 is 24.1 Å². The Kier molecular flexibility index (Phi) is 8.63. The number of carbonyl (C=O) groups excluding carboxylic acids is 1. The summed E-state index contributed by atoms with van der Waals surface area (Å²) in [6.45, 7) is 4.74. The summed E-state index contributed by atoms with van der Waals surface area (Å²) >= 11 is 2.06. The third kappa shape index (κ3) is 6.62. The second-order valence-corrected chi connectivity index (χ2v) is 5.51. The maximum absolute atomic E-state index is 11.9. The van der Waals surface area contributed by atoms with Gasteiger partial charge in [0.25, 0.3) is 0 Å². The van der Waals surface area contributed by atoms with E-state index in [9.17, 15) is 9.90 Å². The number of ether oxygens (including phenoxy) is 3. The number of rotatable bonds is 9. The van der Waals surface area contributed by atoms with Crippen LogP contribution in [0.5, 0.6) is 5.75 Å². The molecule has 0 spiro atoms. The molecule has 1 aromatic rings. The Morgan fingerprint density at radius 3 is 2.76 bits per heavy atom. The van der Waals surface area contributed by atoms with Crippen LogP contribution in [0.1, 0.15) is 37.0 Å². The van der Waals surface area contributed by atoms with Gasteiger partial charge in [-0.3, -0.25) is 0 Å². The van der Waals surface area contributed by atoms with E-state index in [2.05, 4.69) is 22.6 Å². The topological polar surface area (TPSA) is 65.0 Å². The molecule has 118 valence electrons. The van der Waals surface area contributed by atoms with Crippen LogP contribution in [0.2, 0.25) is 0 Å². The molecule has 1 N–H and O–H groups in total. The second kappa shape index (κ2) is 9.97. The summed E-state index contributed by atoms with van der Waals surface area (Å²) in [6.07, 6.45) is 0.893. The van der Waals surface area contributed by atoms with E-state index < -0.39 is 6.29 Å². The van der Waals surface area contributed by atoms with Gasteiger partial charge in [-0.15, -0.1) is 0 Å². The number of hydrogen-bond donors (Lipinski definition) is 1. The molecule has 1 rings (SSSR count). The molecule has 1 aromatic carbocycles. The van der Waals surface area contributed by atoms with Crippen LogP contribution < -0.4 is 4.74 Å². The summed E-state index contributed by atoms with van der Waals surface area (Å²) in [5.41, 5.74) is 0.518. The summed E-state index contributed by atoms with van der Waals surface area (Å²) in [6, 6.07) is 5.07. The lowest BCUT2D eigenvalue weighted by atomic mass is 10.2. The standard InChI is InChI=1S/C15H21IO5/c1-3-5-8-20-15(18)12-7-6-11(9-13(12)16)21-10-14(17)19-4-2/h6-7,9,14,17H,3-5,8,10H2,1-2H3. The molecule has 0 radical (unpaired) electrons. The molecular formula is C15H21IO5. The first-order valence-corrected chi connectivity index (χ1v) is 8.05. The molecule has 0 saturated heterocycles. The third-order valence-electron chi connectivity index (χ3n) is 2.64. The zero-order valence-corrected chi connectivity index (χ0v) is 14.5. The Bertz CT molecular complexity index is 450. The normalized spacial score (nSPS) is 12.0. The number of halogens is 1. The lowest BCUT2D eigenvalue weighted by molar-refractivity contribution is -0.115. The highest BCUT2D eigenvalue weighted by atomic mass is 127.